The first-order valence-corrected chi connectivity index (χ1v) is 9.89. The van der Waals surface area contributed by atoms with Gasteiger partial charge in [-0.2, -0.15) is 0 Å². The Hall–Kier alpha value is -3.74. The van der Waals surface area contributed by atoms with Crippen LogP contribution < -0.4 is 25.2 Å². The van der Waals surface area contributed by atoms with E-state index < -0.39 is 5.63 Å². The van der Waals surface area contributed by atoms with Gasteiger partial charge in [-0.1, -0.05) is 12.6 Å². The lowest BCUT2D eigenvalue weighted by atomic mass is 10.0. The zero-order valence-corrected chi connectivity index (χ0v) is 17.4. The van der Waals surface area contributed by atoms with E-state index in [0.29, 0.717) is 41.5 Å². The molecule has 7 heteroatoms. The van der Waals surface area contributed by atoms with Crippen LogP contribution in [0.2, 0.25) is 0 Å². The van der Waals surface area contributed by atoms with Gasteiger partial charge in [-0.25, -0.2) is 4.79 Å². The Morgan fingerprint density at radius 1 is 1.16 bits per heavy atom. The van der Waals surface area contributed by atoms with Crippen LogP contribution in [0.25, 0.3) is 11.0 Å². The van der Waals surface area contributed by atoms with E-state index in [-0.39, 0.29) is 19.1 Å². The number of amides is 1. The van der Waals surface area contributed by atoms with Crippen molar-refractivity contribution in [2.75, 3.05) is 13.4 Å². The highest BCUT2D eigenvalue weighted by molar-refractivity contribution is 5.85. The Bertz CT molecular complexity index is 1230. The van der Waals surface area contributed by atoms with Crippen LogP contribution in [0.3, 0.4) is 0 Å². The zero-order valence-electron chi connectivity index (χ0n) is 17.4. The lowest BCUT2D eigenvalue weighted by molar-refractivity contribution is -0.120. The van der Waals surface area contributed by atoms with E-state index >= 15 is 0 Å². The second-order valence-electron chi connectivity index (χ2n) is 7.54. The molecule has 0 bridgehead atoms. The number of benzene rings is 2. The molecule has 0 atom stereocenters. The molecule has 0 spiro atoms. The van der Waals surface area contributed by atoms with Crippen molar-refractivity contribution in [1.82, 2.24) is 5.32 Å². The first-order chi connectivity index (χ1) is 14.9. The Morgan fingerprint density at radius 2 is 1.97 bits per heavy atom. The van der Waals surface area contributed by atoms with Crippen molar-refractivity contribution in [2.45, 2.75) is 26.8 Å². The number of fused-ring (bicyclic) bond motifs is 2. The number of ether oxygens (including phenoxy) is 3. The summed E-state index contributed by atoms with van der Waals surface area (Å²) in [5, 5.41) is 3.60. The standard InChI is InChI=1S/C24H23NO6/c1-14(2)12-28-17-5-6-18-15(3)19(24(27)31-21(18)9-17)10-23(26)25-11-16-4-7-20-22(8-16)30-13-29-20/h4-9H,1,10-13H2,2-3H3,(H,25,26). The van der Waals surface area contributed by atoms with Crippen LogP contribution >= 0.6 is 0 Å². The van der Waals surface area contributed by atoms with Crippen molar-refractivity contribution in [3.63, 3.8) is 0 Å². The fourth-order valence-electron chi connectivity index (χ4n) is 3.35. The van der Waals surface area contributed by atoms with Gasteiger partial charge in [-0.3, -0.25) is 4.79 Å². The zero-order chi connectivity index (χ0) is 22.0. The van der Waals surface area contributed by atoms with Crippen LogP contribution in [-0.4, -0.2) is 19.3 Å². The average molecular weight is 421 g/mol. The van der Waals surface area contributed by atoms with Gasteiger partial charge in [0.15, 0.2) is 11.5 Å². The van der Waals surface area contributed by atoms with Crippen LogP contribution in [0.1, 0.15) is 23.6 Å². The fourth-order valence-corrected chi connectivity index (χ4v) is 3.35. The van der Waals surface area contributed by atoms with Crippen LogP contribution in [0.5, 0.6) is 17.2 Å². The molecule has 0 saturated heterocycles. The van der Waals surface area contributed by atoms with Crippen LogP contribution in [0.15, 0.2) is 57.8 Å². The summed E-state index contributed by atoms with van der Waals surface area (Å²) in [6, 6.07) is 10.8. The summed E-state index contributed by atoms with van der Waals surface area (Å²) in [5.41, 5.74) is 2.72. The first-order valence-electron chi connectivity index (χ1n) is 9.89. The van der Waals surface area contributed by atoms with Gasteiger partial charge in [-0.15, -0.1) is 0 Å². The number of rotatable bonds is 7. The van der Waals surface area contributed by atoms with Gasteiger partial charge in [0.1, 0.15) is 17.9 Å². The third-order valence-electron chi connectivity index (χ3n) is 5.01. The first kappa shape index (κ1) is 20.5. The molecule has 1 aromatic heterocycles. The molecule has 0 saturated carbocycles. The second kappa shape index (κ2) is 8.55. The smallest absolute Gasteiger partial charge is 0.340 e. The van der Waals surface area contributed by atoms with E-state index in [0.717, 1.165) is 22.1 Å². The molecule has 4 rings (SSSR count). The summed E-state index contributed by atoms with van der Waals surface area (Å²) in [4.78, 5) is 25.0. The summed E-state index contributed by atoms with van der Waals surface area (Å²) in [5.74, 6) is 1.66. The summed E-state index contributed by atoms with van der Waals surface area (Å²) >= 11 is 0. The summed E-state index contributed by atoms with van der Waals surface area (Å²) in [6.45, 7) is 8.38. The molecule has 160 valence electrons. The van der Waals surface area contributed by atoms with Gasteiger partial charge >= 0.3 is 5.63 Å². The third kappa shape index (κ3) is 4.55. The maximum atomic E-state index is 12.5. The Labute approximate surface area is 179 Å². The summed E-state index contributed by atoms with van der Waals surface area (Å²) in [7, 11) is 0. The monoisotopic (exact) mass is 421 g/mol. The molecule has 2 aromatic carbocycles. The van der Waals surface area contributed by atoms with Crippen molar-refractivity contribution in [3.05, 3.63) is 75.7 Å². The predicted molar refractivity (Wildman–Crippen MR) is 116 cm³/mol. The van der Waals surface area contributed by atoms with Crippen LogP contribution in [-0.2, 0) is 17.8 Å². The number of aryl methyl sites for hydroxylation is 1. The van der Waals surface area contributed by atoms with Gasteiger partial charge in [-0.05, 0) is 54.8 Å². The molecule has 1 N–H and O–H groups in total. The molecule has 0 aliphatic carbocycles. The Balaban J connectivity index is 1.47. The topological polar surface area (TPSA) is 87.0 Å². The van der Waals surface area contributed by atoms with Crippen LogP contribution in [0, 0.1) is 6.92 Å². The molecular weight excluding hydrogens is 398 g/mol. The number of nitrogens with one attached hydrogen (secondary N) is 1. The van der Waals surface area contributed by atoms with E-state index in [1.54, 1.807) is 12.1 Å². The number of hydrogen-bond acceptors (Lipinski definition) is 6. The highest BCUT2D eigenvalue weighted by Gasteiger charge is 2.17. The summed E-state index contributed by atoms with van der Waals surface area (Å²) in [6.07, 6.45) is -0.0669. The Kier molecular flexibility index (Phi) is 5.66. The van der Waals surface area contributed by atoms with Gasteiger partial charge < -0.3 is 23.9 Å². The van der Waals surface area contributed by atoms with Crippen molar-refractivity contribution in [1.29, 1.82) is 0 Å². The van der Waals surface area contributed by atoms with E-state index in [9.17, 15) is 9.59 Å². The largest absolute Gasteiger partial charge is 0.489 e. The lowest BCUT2D eigenvalue weighted by Gasteiger charge is -2.11. The maximum Gasteiger partial charge on any atom is 0.340 e. The normalized spacial score (nSPS) is 12.1. The minimum absolute atomic E-state index is 0.0669. The highest BCUT2D eigenvalue weighted by Crippen LogP contribution is 2.32. The molecule has 0 radical (unpaired) electrons. The van der Waals surface area contributed by atoms with E-state index in [1.807, 2.05) is 38.1 Å². The van der Waals surface area contributed by atoms with Gasteiger partial charge in [0, 0.05) is 18.0 Å². The maximum absolute atomic E-state index is 12.5. The van der Waals surface area contributed by atoms with Crippen LogP contribution in [0.4, 0.5) is 0 Å². The number of carbonyl (C=O) groups is 1. The quantitative estimate of drug-likeness (QED) is 0.463. The molecule has 2 heterocycles. The second-order valence-corrected chi connectivity index (χ2v) is 7.54. The van der Waals surface area contributed by atoms with Crippen molar-refractivity contribution < 1.29 is 23.4 Å². The van der Waals surface area contributed by atoms with E-state index in [1.165, 1.54) is 0 Å². The number of carbonyl (C=O) groups excluding carboxylic acids is 1. The molecule has 31 heavy (non-hydrogen) atoms. The molecule has 1 aliphatic rings. The fraction of sp³-hybridized carbons (Fsp3) is 0.250. The molecule has 7 nitrogen and oxygen atoms in total. The van der Waals surface area contributed by atoms with E-state index in [2.05, 4.69) is 11.9 Å². The number of hydrogen-bond donors (Lipinski definition) is 1. The van der Waals surface area contributed by atoms with Crippen molar-refractivity contribution in [2.24, 2.45) is 0 Å². The molecule has 0 unspecified atom stereocenters. The minimum atomic E-state index is -0.528. The molecule has 0 fully saturated rings. The van der Waals surface area contributed by atoms with E-state index in [4.69, 9.17) is 18.6 Å². The minimum Gasteiger partial charge on any atom is -0.489 e. The van der Waals surface area contributed by atoms with Crippen molar-refractivity contribution >= 4 is 16.9 Å². The Morgan fingerprint density at radius 3 is 2.77 bits per heavy atom. The van der Waals surface area contributed by atoms with Gasteiger partial charge in [0.25, 0.3) is 0 Å². The molecular formula is C24H23NO6. The SMILES string of the molecule is C=C(C)COc1ccc2c(C)c(CC(=O)NCc3ccc4c(c3)OCO4)c(=O)oc2c1. The average Bonchev–Trinajstić information content (AvgIpc) is 3.21. The molecule has 3 aromatic rings. The van der Waals surface area contributed by atoms with Gasteiger partial charge in [0.05, 0.1) is 12.0 Å². The van der Waals surface area contributed by atoms with Crippen molar-refractivity contribution in [3.8, 4) is 17.2 Å². The lowest BCUT2D eigenvalue weighted by Crippen LogP contribution is -2.27. The third-order valence-corrected chi connectivity index (χ3v) is 5.01. The highest BCUT2D eigenvalue weighted by atomic mass is 16.7. The summed E-state index contributed by atoms with van der Waals surface area (Å²) < 4.78 is 21.7. The molecule has 1 amide bonds. The van der Waals surface area contributed by atoms with Gasteiger partial charge in [0.2, 0.25) is 12.7 Å². The molecule has 1 aliphatic heterocycles. The predicted octanol–water partition coefficient (Wildman–Crippen LogP) is 3.64.